The molecule has 20 heavy (non-hydrogen) atoms. The van der Waals surface area contributed by atoms with Gasteiger partial charge in [-0.2, -0.15) is 0 Å². The smallest absolute Gasteiger partial charge is 0.212 e. The summed E-state index contributed by atoms with van der Waals surface area (Å²) in [4.78, 5) is 4.14. The molecule has 1 unspecified atom stereocenters. The van der Waals surface area contributed by atoms with E-state index in [9.17, 15) is 0 Å². The lowest BCUT2D eigenvalue weighted by molar-refractivity contribution is 0.349. The number of halogens is 1. The van der Waals surface area contributed by atoms with Crippen molar-refractivity contribution in [3.05, 3.63) is 24.2 Å². The highest BCUT2D eigenvalue weighted by atomic mass is 35.5. The molecule has 1 aromatic heterocycles. The lowest BCUT2D eigenvalue weighted by Crippen LogP contribution is -1.94. The molecule has 0 radical (unpaired) electrons. The molecule has 0 spiro atoms. The van der Waals surface area contributed by atoms with Gasteiger partial charge in [-0.15, -0.1) is 11.6 Å². The Labute approximate surface area is 122 Å². The second-order valence-corrected chi connectivity index (χ2v) is 4.74. The summed E-state index contributed by atoms with van der Waals surface area (Å²) in [6.45, 7) is 1.79. The van der Waals surface area contributed by atoms with Crippen molar-refractivity contribution in [2.45, 2.75) is 12.3 Å². The third-order valence-corrected chi connectivity index (χ3v) is 3.02. The van der Waals surface area contributed by atoms with E-state index < -0.39 is 0 Å². The first-order valence-corrected chi connectivity index (χ1v) is 6.44. The molecule has 0 aliphatic carbocycles. The van der Waals surface area contributed by atoms with Gasteiger partial charge in [0, 0.05) is 6.07 Å². The van der Waals surface area contributed by atoms with E-state index in [2.05, 4.69) is 4.98 Å². The lowest BCUT2D eigenvalue weighted by atomic mass is 10.1. The van der Waals surface area contributed by atoms with Gasteiger partial charge in [0.05, 0.1) is 33.1 Å². The molecule has 1 aromatic carbocycles. The minimum absolute atomic E-state index is 0.296. The second-order valence-electron chi connectivity index (χ2n) is 4.09. The van der Waals surface area contributed by atoms with Gasteiger partial charge in [0.1, 0.15) is 11.1 Å². The molecule has 0 saturated carbocycles. The van der Waals surface area contributed by atoms with Crippen LogP contribution in [-0.4, -0.2) is 26.3 Å². The Morgan fingerprint density at radius 2 is 1.65 bits per heavy atom. The molecule has 108 valence electrons. The quantitative estimate of drug-likeness (QED) is 0.788. The molecule has 0 bridgehead atoms. The van der Waals surface area contributed by atoms with E-state index in [0.29, 0.717) is 28.9 Å². The maximum absolute atomic E-state index is 5.95. The third kappa shape index (κ3) is 2.67. The number of ether oxygens (including phenoxy) is 3. The average molecular weight is 298 g/mol. The third-order valence-electron chi connectivity index (χ3n) is 2.83. The summed E-state index contributed by atoms with van der Waals surface area (Å²) in [7, 11) is 4.71. The predicted molar refractivity (Wildman–Crippen MR) is 75.9 cm³/mol. The monoisotopic (exact) mass is 297 g/mol. The van der Waals surface area contributed by atoms with Gasteiger partial charge in [0.15, 0.2) is 17.3 Å². The number of rotatable bonds is 5. The normalized spacial score (nSPS) is 12.1. The zero-order valence-electron chi connectivity index (χ0n) is 11.8. The van der Waals surface area contributed by atoms with Crippen LogP contribution in [0.25, 0.3) is 11.3 Å². The highest BCUT2D eigenvalue weighted by Gasteiger charge is 2.18. The molecule has 0 aliphatic rings. The van der Waals surface area contributed by atoms with Gasteiger partial charge < -0.3 is 18.6 Å². The fourth-order valence-electron chi connectivity index (χ4n) is 1.82. The highest BCUT2D eigenvalue weighted by Crippen LogP contribution is 2.40. The van der Waals surface area contributed by atoms with Crippen LogP contribution in [0.15, 0.2) is 22.7 Å². The van der Waals surface area contributed by atoms with Crippen LogP contribution in [0.5, 0.6) is 17.2 Å². The van der Waals surface area contributed by atoms with Crippen LogP contribution in [0.1, 0.15) is 18.2 Å². The molecule has 6 heteroatoms. The van der Waals surface area contributed by atoms with Crippen molar-refractivity contribution in [1.82, 2.24) is 4.98 Å². The van der Waals surface area contributed by atoms with Crippen LogP contribution in [0, 0.1) is 0 Å². The number of aromatic nitrogens is 1. The van der Waals surface area contributed by atoms with Crippen molar-refractivity contribution in [1.29, 1.82) is 0 Å². The minimum atomic E-state index is -0.296. The summed E-state index contributed by atoms with van der Waals surface area (Å²) in [5.74, 6) is 2.79. The van der Waals surface area contributed by atoms with Crippen LogP contribution in [0.4, 0.5) is 0 Å². The topological polar surface area (TPSA) is 53.7 Å². The van der Waals surface area contributed by atoms with Crippen LogP contribution >= 0.6 is 11.6 Å². The van der Waals surface area contributed by atoms with Gasteiger partial charge in [-0.3, -0.25) is 0 Å². The summed E-state index contributed by atoms with van der Waals surface area (Å²) >= 11 is 5.95. The number of hydrogen-bond donors (Lipinski definition) is 0. The minimum Gasteiger partial charge on any atom is -0.496 e. The molecular formula is C14H16ClNO4. The Kier molecular flexibility index (Phi) is 4.39. The van der Waals surface area contributed by atoms with Crippen molar-refractivity contribution in [2.75, 3.05) is 21.3 Å². The number of alkyl halides is 1. The van der Waals surface area contributed by atoms with Gasteiger partial charge in [0.2, 0.25) is 5.89 Å². The van der Waals surface area contributed by atoms with Gasteiger partial charge in [0.25, 0.3) is 0 Å². The first-order chi connectivity index (χ1) is 9.60. The van der Waals surface area contributed by atoms with E-state index in [1.54, 1.807) is 46.6 Å². The Morgan fingerprint density at radius 1 is 1.05 bits per heavy atom. The Bertz CT molecular complexity index is 595. The number of oxazole rings is 1. The van der Waals surface area contributed by atoms with Crippen molar-refractivity contribution in [3.63, 3.8) is 0 Å². The number of nitrogens with zero attached hydrogens (tertiary/aromatic N) is 1. The van der Waals surface area contributed by atoms with E-state index in [1.807, 2.05) is 0 Å². The summed E-state index contributed by atoms with van der Waals surface area (Å²) < 4.78 is 21.5. The van der Waals surface area contributed by atoms with Crippen LogP contribution in [-0.2, 0) is 0 Å². The number of benzene rings is 1. The highest BCUT2D eigenvalue weighted by molar-refractivity contribution is 6.20. The molecule has 5 nitrogen and oxygen atoms in total. The van der Waals surface area contributed by atoms with E-state index >= 15 is 0 Å². The molecule has 0 amide bonds. The molecule has 0 fully saturated rings. The molecule has 1 heterocycles. The number of methoxy groups -OCH3 is 3. The van der Waals surface area contributed by atoms with E-state index in [0.717, 1.165) is 5.56 Å². The fourth-order valence-corrected chi connectivity index (χ4v) is 1.92. The first-order valence-electron chi connectivity index (χ1n) is 6.00. The van der Waals surface area contributed by atoms with E-state index in [1.165, 1.54) is 0 Å². The largest absolute Gasteiger partial charge is 0.496 e. The Hall–Kier alpha value is -1.88. The fraction of sp³-hybridized carbons (Fsp3) is 0.357. The van der Waals surface area contributed by atoms with Crippen molar-refractivity contribution >= 4 is 11.6 Å². The molecule has 0 aliphatic heterocycles. The Balaban J connectivity index is 2.53. The predicted octanol–water partition coefficient (Wildman–Crippen LogP) is 3.67. The van der Waals surface area contributed by atoms with Crippen molar-refractivity contribution in [2.24, 2.45) is 0 Å². The summed E-state index contributed by atoms with van der Waals surface area (Å²) in [5.41, 5.74) is 0.723. The first kappa shape index (κ1) is 14.5. The van der Waals surface area contributed by atoms with Gasteiger partial charge in [-0.25, -0.2) is 4.98 Å². The summed E-state index contributed by atoms with van der Waals surface area (Å²) in [6, 6.07) is 3.52. The SMILES string of the molecule is COc1cc(OC)c(-c2cnc(C(C)Cl)o2)cc1OC. The molecule has 2 rings (SSSR count). The number of hydrogen-bond acceptors (Lipinski definition) is 5. The van der Waals surface area contributed by atoms with Gasteiger partial charge in [-0.05, 0) is 13.0 Å². The molecular weight excluding hydrogens is 282 g/mol. The van der Waals surface area contributed by atoms with Gasteiger partial charge in [-0.1, -0.05) is 0 Å². The second kappa shape index (κ2) is 6.05. The molecule has 2 aromatic rings. The zero-order chi connectivity index (χ0) is 14.7. The standard InChI is InChI=1S/C14H16ClNO4/c1-8(15)14-16-7-13(20-14)9-5-11(18-3)12(19-4)6-10(9)17-2/h5-8H,1-4H3. The summed E-state index contributed by atoms with van der Waals surface area (Å²) in [5, 5.41) is -0.296. The average Bonchev–Trinajstić information content (AvgIpc) is 2.95. The van der Waals surface area contributed by atoms with Crippen LogP contribution < -0.4 is 14.2 Å². The lowest BCUT2D eigenvalue weighted by Gasteiger charge is -2.12. The van der Waals surface area contributed by atoms with Crippen LogP contribution in [0.3, 0.4) is 0 Å². The molecule has 0 saturated heterocycles. The van der Waals surface area contributed by atoms with Crippen LogP contribution in [0.2, 0.25) is 0 Å². The van der Waals surface area contributed by atoms with Gasteiger partial charge >= 0.3 is 0 Å². The molecule has 1 atom stereocenters. The maximum atomic E-state index is 5.95. The molecule has 0 N–H and O–H groups in total. The van der Waals surface area contributed by atoms with E-state index in [-0.39, 0.29) is 5.38 Å². The van der Waals surface area contributed by atoms with E-state index in [4.69, 9.17) is 30.2 Å². The summed E-state index contributed by atoms with van der Waals surface area (Å²) in [6.07, 6.45) is 1.61. The zero-order valence-corrected chi connectivity index (χ0v) is 12.5. The van der Waals surface area contributed by atoms with Crippen molar-refractivity contribution < 1.29 is 18.6 Å². The maximum Gasteiger partial charge on any atom is 0.212 e. The van der Waals surface area contributed by atoms with Crippen molar-refractivity contribution in [3.8, 4) is 28.6 Å². The Morgan fingerprint density at radius 3 is 2.15 bits per heavy atom.